The van der Waals surface area contributed by atoms with Crippen molar-refractivity contribution >= 4 is 17.5 Å². The minimum absolute atomic E-state index is 0.158. The Bertz CT molecular complexity index is 1070. The highest BCUT2D eigenvalue weighted by molar-refractivity contribution is 6.30. The number of benzene rings is 3. The number of likely N-dealkylation sites (N-methyl/N-ethyl adjacent to an activating group) is 1. The number of carbonyl (C=O) groups is 1. The van der Waals surface area contributed by atoms with Gasteiger partial charge in [0.1, 0.15) is 19.0 Å². The lowest BCUT2D eigenvalue weighted by molar-refractivity contribution is 0.0951. The van der Waals surface area contributed by atoms with Crippen LogP contribution in [0.4, 0.5) is 0 Å². The van der Waals surface area contributed by atoms with Crippen LogP contribution in [0.25, 0.3) is 0 Å². The molecule has 0 saturated heterocycles. The van der Waals surface area contributed by atoms with Crippen LogP contribution in [0.2, 0.25) is 5.02 Å². The smallest absolute Gasteiger partial charge is 0.251 e. The molecule has 3 aromatic carbocycles. The van der Waals surface area contributed by atoms with E-state index in [1.807, 2.05) is 42.5 Å². The van der Waals surface area contributed by atoms with E-state index in [-0.39, 0.29) is 5.91 Å². The lowest BCUT2D eigenvalue weighted by Crippen LogP contribution is -2.28. The molecule has 3 aromatic rings. The second-order valence-corrected chi connectivity index (χ2v) is 8.42. The molecule has 186 valence electrons. The van der Waals surface area contributed by atoms with Crippen molar-refractivity contribution in [2.75, 3.05) is 33.4 Å². The molecule has 0 heterocycles. The summed E-state index contributed by atoms with van der Waals surface area (Å²) in [7, 11) is 1.62. The number of amides is 1. The number of nitrogens with zero attached hydrogens (tertiary/aromatic N) is 1. The van der Waals surface area contributed by atoms with Crippen molar-refractivity contribution in [2.24, 2.45) is 0 Å². The van der Waals surface area contributed by atoms with Gasteiger partial charge in [0.2, 0.25) is 0 Å². The number of halogens is 1. The summed E-state index contributed by atoms with van der Waals surface area (Å²) in [6.45, 7) is 8.46. The van der Waals surface area contributed by atoms with E-state index < -0.39 is 0 Å². The minimum atomic E-state index is -0.158. The Balaban J connectivity index is 1.52. The van der Waals surface area contributed by atoms with Crippen molar-refractivity contribution in [3.63, 3.8) is 0 Å². The van der Waals surface area contributed by atoms with Gasteiger partial charge in [-0.15, -0.1) is 0 Å². The molecule has 0 spiro atoms. The first-order valence-corrected chi connectivity index (χ1v) is 12.2. The lowest BCUT2D eigenvalue weighted by Gasteiger charge is -2.19. The second kappa shape index (κ2) is 13.6. The van der Waals surface area contributed by atoms with Crippen molar-refractivity contribution in [3.05, 3.63) is 88.4 Å². The molecule has 0 unspecified atom stereocenters. The molecule has 0 saturated carbocycles. The first-order chi connectivity index (χ1) is 17.0. The maximum Gasteiger partial charge on any atom is 0.251 e. The van der Waals surface area contributed by atoms with Crippen molar-refractivity contribution in [1.82, 2.24) is 10.2 Å². The van der Waals surface area contributed by atoms with Crippen molar-refractivity contribution in [1.29, 1.82) is 0 Å². The van der Waals surface area contributed by atoms with Crippen LogP contribution in [0.1, 0.15) is 35.3 Å². The van der Waals surface area contributed by atoms with Gasteiger partial charge in [-0.2, -0.15) is 0 Å². The van der Waals surface area contributed by atoms with Gasteiger partial charge in [-0.25, -0.2) is 0 Å². The number of rotatable bonds is 13. The highest BCUT2D eigenvalue weighted by Crippen LogP contribution is 2.28. The molecule has 1 N–H and O–H groups in total. The number of carbonyl (C=O) groups excluding carboxylic acids is 1. The Morgan fingerprint density at radius 1 is 0.886 bits per heavy atom. The van der Waals surface area contributed by atoms with Gasteiger partial charge in [0.15, 0.2) is 11.5 Å². The predicted octanol–water partition coefficient (Wildman–Crippen LogP) is 5.58. The molecule has 7 heteroatoms. The molecule has 0 aliphatic carbocycles. The van der Waals surface area contributed by atoms with Crippen LogP contribution in [0, 0.1) is 0 Å². The van der Waals surface area contributed by atoms with Crippen LogP contribution in [0.15, 0.2) is 66.7 Å². The molecule has 0 bridgehead atoms. The van der Waals surface area contributed by atoms with Crippen molar-refractivity contribution in [2.45, 2.75) is 27.0 Å². The summed E-state index contributed by atoms with van der Waals surface area (Å²) in [5.74, 6) is 1.88. The van der Waals surface area contributed by atoms with Gasteiger partial charge in [-0.05, 0) is 72.7 Å². The summed E-state index contributed by atoms with van der Waals surface area (Å²) in [6, 6.07) is 20.3. The molecule has 35 heavy (non-hydrogen) atoms. The molecule has 0 radical (unpaired) electrons. The number of nitrogens with one attached hydrogen (secondary N) is 1. The average molecular weight is 497 g/mol. The van der Waals surface area contributed by atoms with Gasteiger partial charge in [0.25, 0.3) is 5.91 Å². The highest BCUT2D eigenvalue weighted by Gasteiger charge is 2.10. The van der Waals surface area contributed by atoms with E-state index >= 15 is 0 Å². The molecule has 0 fully saturated rings. The lowest BCUT2D eigenvalue weighted by atomic mass is 10.1. The summed E-state index contributed by atoms with van der Waals surface area (Å²) < 4.78 is 17.2. The van der Waals surface area contributed by atoms with Gasteiger partial charge in [0, 0.05) is 23.7 Å². The fourth-order valence-corrected chi connectivity index (χ4v) is 3.63. The summed E-state index contributed by atoms with van der Waals surface area (Å²) in [6.07, 6.45) is 0. The van der Waals surface area contributed by atoms with Gasteiger partial charge in [-0.1, -0.05) is 43.6 Å². The standard InChI is InChI=1S/C28H33ClN2O4/c1-4-31(5-2)16-17-34-27-18-22(8-15-26(27)33-3)19-30-28(32)23-9-13-25(14-10-23)35-20-21-6-11-24(29)12-7-21/h6-15,18H,4-5,16-17,19-20H2,1-3H3,(H,30,32). The van der Waals surface area contributed by atoms with Crippen LogP contribution in [-0.4, -0.2) is 44.2 Å². The molecule has 6 nitrogen and oxygen atoms in total. The number of methoxy groups -OCH3 is 1. The Morgan fingerprint density at radius 2 is 1.57 bits per heavy atom. The van der Waals surface area contributed by atoms with Crippen LogP contribution in [0.3, 0.4) is 0 Å². The summed E-state index contributed by atoms with van der Waals surface area (Å²) in [5, 5.41) is 3.65. The Labute approximate surface area is 212 Å². The van der Waals surface area contributed by atoms with Gasteiger partial charge in [-0.3, -0.25) is 4.79 Å². The van der Waals surface area contributed by atoms with E-state index in [2.05, 4.69) is 24.1 Å². The Hall–Kier alpha value is -3.22. The third kappa shape index (κ3) is 8.19. The molecule has 0 aliphatic rings. The summed E-state index contributed by atoms with van der Waals surface area (Å²) in [4.78, 5) is 14.9. The maximum atomic E-state index is 12.6. The minimum Gasteiger partial charge on any atom is -0.493 e. The van der Waals surface area contributed by atoms with E-state index in [1.165, 1.54) is 0 Å². The van der Waals surface area contributed by atoms with Crippen LogP contribution in [-0.2, 0) is 13.2 Å². The fraction of sp³-hybridized carbons (Fsp3) is 0.321. The number of hydrogen-bond acceptors (Lipinski definition) is 5. The van der Waals surface area contributed by atoms with E-state index in [0.717, 1.165) is 30.8 Å². The molecule has 1 amide bonds. The predicted molar refractivity (Wildman–Crippen MR) is 140 cm³/mol. The highest BCUT2D eigenvalue weighted by atomic mass is 35.5. The molecule has 0 atom stereocenters. The third-order valence-electron chi connectivity index (χ3n) is 5.68. The third-order valence-corrected chi connectivity index (χ3v) is 5.93. The topological polar surface area (TPSA) is 60.0 Å². The quantitative estimate of drug-likeness (QED) is 0.335. The maximum absolute atomic E-state index is 12.6. The molecular weight excluding hydrogens is 464 g/mol. The monoisotopic (exact) mass is 496 g/mol. The Kier molecular flexibility index (Phi) is 10.3. The first kappa shape index (κ1) is 26.4. The van der Waals surface area contributed by atoms with Gasteiger partial charge >= 0.3 is 0 Å². The van der Waals surface area contributed by atoms with E-state index in [9.17, 15) is 4.79 Å². The molecule has 0 aliphatic heterocycles. The fourth-order valence-electron chi connectivity index (χ4n) is 3.50. The SMILES string of the molecule is CCN(CC)CCOc1cc(CNC(=O)c2ccc(OCc3ccc(Cl)cc3)cc2)ccc1OC. The average Bonchev–Trinajstić information content (AvgIpc) is 2.90. The van der Waals surface area contributed by atoms with Crippen LogP contribution in [0.5, 0.6) is 17.2 Å². The van der Waals surface area contributed by atoms with Gasteiger partial charge in [0.05, 0.1) is 7.11 Å². The van der Waals surface area contributed by atoms with E-state index in [0.29, 0.717) is 47.6 Å². The van der Waals surface area contributed by atoms with Gasteiger partial charge < -0.3 is 24.4 Å². The molecule has 0 aromatic heterocycles. The zero-order valence-electron chi connectivity index (χ0n) is 20.6. The summed E-state index contributed by atoms with van der Waals surface area (Å²) >= 11 is 5.91. The van der Waals surface area contributed by atoms with Crippen molar-refractivity contribution in [3.8, 4) is 17.2 Å². The second-order valence-electron chi connectivity index (χ2n) is 7.98. The number of ether oxygens (including phenoxy) is 3. The first-order valence-electron chi connectivity index (χ1n) is 11.8. The largest absolute Gasteiger partial charge is 0.493 e. The van der Waals surface area contributed by atoms with Crippen LogP contribution < -0.4 is 19.5 Å². The number of hydrogen-bond donors (Lipinski definition) is 1. The molecule has 3 rings (SSSR count). The van der Waals surface area contributed by atoms with E-state index in [1.54, 1.807) is 31.4 Å². The Morgan fingerprint density at radius 3 is 2.23 bits per heavy atom. The zero-order chi connectivity index (χ0) is 25.0. The van der Waals surface area contributed by atoms with Crippen molar-refractivity contribution < 1.29 is 19.0 Å². The normalized spacial score (nSPS) is 10.8. The summed E-state index contributed by atoms with van der Waals surface area (Å²) in [5.41, 5.74) is 2.51. The van der Waals surface area contributed by atoms with E-state index in [4.69, 9.17) is 25.8 Å². The zero-order valence-corrected chi connectivity index (χ0v) is 21.3. The van der Waals surface area contributed by atoms with Crippen LogP contribution >= 0.6 is 11.6 Å². The molecular formula is C28H33ClN2O4.